The van der Waals surface area contributed by atoms with Crippen LogP contribution in [0.25, 0.3) is 0 Å². The summed E-state index contributed by atoms with van der Waals surface area (Å²) in [7, 11) is 3.39. The van der Waals surface area contributed by atoms with Gasteiger partial charge in [-0.25, -0.2) is 9.97 Å². The Hall–Kier alpha value is -5.70. The third-order valence-corrected chi connectivity index (χ3v) is 12.4. The van der Waals surface area contributed by atoms with Crippen LogP contribution in [-0.2, 0) is 36.9 Å². The Morgan fingerprint density at radius 1 is 0.951 bits per heavy atom. The summed E-state index contributed by atoms with van der Waals surface area (Å²) in [5.74, 6) is 0.926. The molecule has 0 radical (unpaired) electrons. The minimum atomic E-state index is -0.711. The minimum Gasteiger partial charge on any atom is -0.496 e. The number of carbonyl (C=O) groups excluding carboxylic acids is 6. The van der Waals surface area contributed by atoms with E-state index >= 15 is 0 Å². The molecular weight excluding hydrogens is 779 g/mol. The van der Waals surface area contributed by atoms with Gasteiger partial charge in [0, 0.05) is 86.5 Å². The smallest absolute Gasteiger partial charge is 0.255 e. The maximum atomic E-state index is 13.3. The predicted octanol–water partition coefficient (Wildman–Crippen LogP) is 5.91. The highest BCUT2D eigenvalue weighted by atomic mass is 16.5. The Labute approximate surface area is 356 Å². The zero-order chi connectivity index (χ0) is 43.0. The van der Waals surface area contributed by atoms with Crippen LogP contribution < -0.4 is 25.2 Å². The highest BCUT2D eigenvalue weighted by molar-refractivity contribution is 6.07. The molecule has 2 aromatic carbocycles. The highest BCUT2D eigenvalue weighted by Crippen LogP contribution is 2.40. The second-order valence-electron chi connectivity index (χ2n) is 16.4. The number of ketones is 1. The normalized spacial score (nSPS) is 19.0. The molecular formula is C46H57N7O8. The van der Waals surface area contributed by atoms with Crippen LogP contribution in [0.1, 0.15) is 134 Å². The zero-order valence-corrected chi connectivity index (χ0v) is 35.5. The molecule has 1 unspecified atom stereocenters. The number of methoxy groups -OCH3 is 1. The summed E-state index contributed by atoms with van der Waals surface area (Å²) in [4.78, 5) is 91.3. The predicted molar refractivity (Wildman–Crippen MR) is 229 cm³/mol. The summed E-state index contributed by atoms with van der Waals surface area (Å²) in [6.45, 7) is 3.30. The molecule has 2 fully saturated rings. The van der Waals surface area contributed by atoms with Gasteiger partial charge in [0.1, 0.15) is 29.3 Å². The quantitative estimate of drug-likeness (QED) is 0.0833. The van der Waals surface area contributed by atoms with E-state index in [0.29, 0.717) is 85.7 Å². The molecule has 2 N–H and O–H groups in total. The number of hydrogen-bond acceptors (Lipinski definition) is 11. The number of hydrogen-bond donors (Lipinski definition) is 2. The van der Waals surface area contributed by atoms with E-state index in [1.54, 1.807) is 49.5 Å². The van der Waals surface area contributed by atoms with E-state index in [-0.39, 0.29) is 60.9 Å². The number of nitrogens with zero attached hydrogens (tertiary/aromatic N) is 5. The van der Waals surface area contributed by atoms with Gasteiger partial charge >= 0.3 is 0 Å². The van der Waals surface area contributed by atoms with E-state index < -0.39 is 11.9 Å². The van der Waals surface area contributed by atoms with Crippen LogP contribution in [0.2, 0.25) is 0 Å². The highest BCUT2D eigenvalue weighted by Gasteiger charge is 2.42. The molecule has 3 aromatic rings. The van der Waals surface area contributed by atoms with E-state index in [4.69, 9.17) is 14.5 Å². The first-order valence-electron chi connectivity index (χ1n) is 21.8. The fourth-order valence-corrected chi connectivity index (χ4v) is 9.08. The van der Waals surface area contributed by atoms with Crippen molar-refractivity contribution in [3.8, 4) is 5.75 Å². The van der Waals surface area contributed by atoms with Gasteiger partial charge < -0.3 is 29.5 Å². The molecule has 0 spiro atoms. The zero-order valence-electron chi connectivity index (χ0n) is 35.5. The molecule has 5 amide bonds. The molecule has 4 heterocycles. The average Bonchev–Trinajstić information content (AvgIpc) is 3.91. The lowest BCUT2D eigenvalue weighted by Gasteiger charge is -2.43. The lowest BCUT2D eigenvalue weighted by Crippen LogP contribution is -2.55. The fraction of sp³-hybridized carbons (Fsp3) is 0.522. The number of ether oxygens (including phenoxy) is 2. The first-order valence-corrected chi connectivity index (χ1v) is 21.8. The average molecular weight is 836 g/mol. The second kappa shape index (κ2) is 19.8. The molecule has 1 aliphatic carbocycles. The molecule has 1 saturated heterocycles. The number of Topliss-reactive ketones (excluding diaryl/α,β-unsaturated/α-hetero) is 1. The van der Waals surface area contributed by atoms with E-state index in [9.17, 15) is 28.8 Å². The van der Waals surface area contributed by atoms with Gasteiger partial charge in [-0.1, -0.05) is 50.8 Å². The van der Waals surface area contributed by atoms with Crippen molar-refractivity contribution < 1.29 is 38.2 Å². The maximum absolute atomic E-state index is 13.3. The monoisotopic (exact) mass is 835 g/mol. The number of benzene rings is 2. The first kappa shape index (κ1) is 43.4. The van der Waals surface area contributed by atoms with Gasteiger partial charge in [0.05, 0.1) is 13.3 Å². The van der Waals surface area contributed by atoms with Gasteiger partial charge in [-0.15, -0.1) is 0 Å². The van der Waals surface area contributed by atoms with Gasteiger partial charge in [-0.2, -0.15) is 0 Å². The van der Waals surface area contributed by atoms with Crippen LogP contribution in [0, 0.1) is 0 Å². The molecule has 15 nitrogen and oxygen atoms in total. The number of nitrogens with one attached hydrogen (secondary N) is 2. The first-order chi connectivity index (χ1) is 29.6. The van der Waals surface area contributed by atoms with Crippen molar-refractivity contribution in [3.05, 3.63) is 70.7 Å². The number of carbonyl (C=O) groups is 6. The number of amides is 5. The van der Waals surface area contributed by atoms with Crippen molar-refractivity contribution in [3.63, 3.8) is 0 Å². The lowest BCUT2D eigenvalue weighted by atomic mass is 10.0. The number of aromatic nitrogens is 2. The number of unbranched alkanes of at least 4 members (excludes halogenated alkanes) is 3. The molecule has 1 aromatic heterocycles. The number of rotatable bonds is 19. The Bertz CT molecular complexity index is 2150. The van der Waals surface area contributed by atoms with E-state index in [2.05, 4.69) is 27.4 Å². The van der Waals surface area contributed by atoms with E-state index in [0.717, 1.165) is 62.0 Å². The fourth-order valence-electron chi connectivity index (χ4n) is 9.08. The Morgan fingerprint density at radius 2 is 1.74 bits per heavy atom. The Morgan fingerprint density at radius 3 is 2.51 bits per heavy atom. The van der Waals surface area contributed by atoms with Crippen LogP contribution in [0.3, 0.4) is 0 Å². The van der Waals surface area contributed by atoms with Gasteiger partial charge in [0.2, 0.25) is 23.6 Å². The molecule has 2 atom stereocenters. The van der Waals surface area contributed by atoms with Crippen LogP contribution in [0.4, 0.5) is 17.2 Å². The molecule has 4 aliphatic rings. The van der Waals surface area contributed by atoms with Crippen LogP contribution in [-0.4, -0.2) is 95.7 Å². The molecule has 0 bridgehead atoms. The van der Waals surface area contributed by atoms with Gasteiger partial charge in [-0.3, -0.25) is 34.1 Å². The number of piperidine rings is 1. The molecule has 61 heavy (non-hydrogen) atoms. The molecule has 324 valence electrons. The lowest BCUT2D eigenvalue weighted by molar-refractivity contribution is -0.137. The number of fused-ring (bicyclic) bond motifs is 2. The van der Waals surface area contributed by atoms with Gasteiger partial charge in [-0.05, 0) is 63.1 Å². The van der Waals surface area contributed by atoms with Crippen LogP contribution in [0.5, 0.6) is 5.75 Å². The second-order valence-corrected chi connectivity index (χ2v) is 16.4. The summed E-state index contributed by atoms with van der Waals surface area (Å²) in [6, 6.07) is 10.0. The maximum Gasteiger partial charge on any atom is 0.255 e. The van der Waals surface area contributed by atoms with E-state index in [1.807, 2.05) is 12.1 Å². The van der Waals surface area contributed by atoms with Crippen molar-refractivity contribution in [1.29, 1.82) is 0 Å². The van der Waals surface area contributed by atoms with Crippen LogP contribution in [0.15, 0.2) is 42.6 Å². The number of imide groups is 1. The summed E-state index contributed by atoms with van der Waals surface area (Å²) in [5.41, 5.74) is 3.89. The Kier molecular flexibility index (Phi) is 14.1. The molecule has 15 heteroatoms. The van der Waals surface area contributed by atoms with Crippen molar-refractivity contribution in [2.24, 2.45) is 0 Å². The third kappa shape index (κ3) is 9.77. The summed E-state index contributed by atoms with van der Waals surface area (Å²) in [6.07, 6.45) is 12.4. The summed E-state index contributed by atoms with van der Waals surface area (Å²) < 4.78 is 11.5. The summed E-state index contributed by atoms with van der Waals surface area (Å²) in [5, 5.41) is 5.25. The minimum absolute atomic E-state index is 0.0148. The largest absolute Gasteiger partial charge is 0.496 e. The van der Waals surface area contributed by atoms with Crippen molar-refractivity contribution in [2.75, 3.05) is 42.5 Å². The number of anilines is 3. The molecule has 1 saturated carbocycles. The molecule has 7 rings (SSSR count). The van der Waals surface area contributed by atoms with Crippen LogP contribution >= 0.6 is 0 Å². The van der Waals surface area contributed by atoms with Crippen molar-refractivity contribution >= 4 is 52.5 Å². The van der Waals surface area contributed by atoms with Crippen molar-refractivity contribution in [1.82, 2.24) is 20.2 Å². The summed E-state index contributed by atoms with van der Waals surface area (Å²) >= 11 is 0. The standard InChI is InChI=1S/C46H57N7O8/c1-4-35-46(59)51(2)37-27-47-40(49-43(37)53(35)31-13-8-9-14-31)26-30-20-19-29(25-39(30)60-3)38(54)17-12-24-61-23-10-6-5-7-18-41(55)48-34-16-11-15-32-33(34)28-52(45(32)58)36-21-22-42(56)50-44(36)57/h11,15-16,19-20,25,27,31,35-36H,4-10,12-14,17-18,21-24,26,28H2,1-3H3,(H,48,55)(H,50,56,57)/t35-,36?/m1/s1. The van der Waals surface area contributed by atoms with E-state index in [1.165, 1.54) is 4.90 Å². The van der Waals surface area contributed by atoms with Gasteiger partial charge in [0.25, 0.3) is 5.91 Å². The SMILES string of the molecule is CC[C@@H]1C(=O)N(C)c2cnc(Cc3ccc(C(=O)CCCOCCCCCCC(=O)Nc4cccc5c4CN(C4CCC(=O)NC4=O)C5=O)cc3OC)nc2N1C1CCCC1. The van der Waals surface area contributed by atoms with Gasteiger partial charge in [0.15, 0.2) is 11.6 Å². The topological polar surface area (TPSA) is 180 Å². The van der Waals surface area contributed by atoms with Crippen molar-refractivity contribution in [2.45, 2.75) is 128 Å². The third-order valence-electron chi connectivity index (χ3n) is 12.4. The number of likely N-dealkylation sites (N-methyl/N-ethyl adjacent to an activating group) is 1. The molecule has 3 aliphatic heterocycles. The Balaban J connectivity index is 0.801.